The van der Waals surface area contributed by atoms with Crippen LogP contribution in [0.5, 0.6) is 0 Å². The summed E-state index contributed by atoms with van der Waals surface area (Å²) >= 11 is 7.06. The van der Waals surface area contributed by atoms with Crippen LogP contribution in [0.1, 0.15) is 31.7 Å². The molecule has 1 N–H and O–H groups in total. The molecule has 1 fully saturated rings. The molecule has 106 valence electrons. The maximum absolute atomic E-state index is 3.68. The van der Waals surface area contributed by atoms with Crippen molar-refractivity contribution in [2.24, 2.45) is 0 Å². The summed E-state index contributed by atoms with van der Waals surface area (Å²) in [6.07, 6.45) is 3.82. The number of piperidine rings is 1. The first-order chi connectivity index (χ1) is 9.19. The molecule has 2 rings (SSSR count). The summed E-state index contributed by atoms with van der Waals surface area (Å²) in [7, 11) is 0. The summed E-state index contributed by atoms with van der Waals surface area (Å²) in [6, 6.07) is 7.14. The molecule has 0 atom stereocenters. The van der Waals surface area contributed by atoms with E-state index in [0.717, 1.165) is 15.5 Å². The Morgan fingerprint density at radius 3 is 2.58 bits per heavy atom. The first kappa shape index (κ1) is 15.5. The van der Waals surface area contributed by atoms with E-state index in [1.165, 1.54) is 44.5 Å². The monoisotopic (exact) mass is 388 g/mol. The van der Waals surface area contributed by atoms with Crippen LogP contribution in [0.15, 0.2) is 27.1 Å². The first-order valence-electron chi connectivity index (χ1n) is 7.08. The number of nitrogens with one attached hydrogen (secondary N) is 1. The van der Waals surface area contributed by atoms with E-state index in [4.69, 9.17) is 0 Å². The molecule has 0 radical (unpaired) electrons. The fraction of sp³-hybridized carbons (Fsp3) is 0.600. The lowest BCUT2D eigenvalue weighted by Gasteiger charge is -2.32. The van der Waals surface area contributed by atoms with Gasteiger partial charge in [0.25, 0.3) is 0 Å². The minimum Gasteiger partial charge on any atom is -0.310 e. The minimum atomic E-state index is 0.676. The van der Waals surface area contributed by atoms with Gasteiger partial charge in [-0.05, 0) is 88.5 Å². The number of hydrogen-bond acceptors (Lipinski definition) is 2. The molecule has 1 heterocycles. The Morgan fingerprint density at radius 1 is 1.21 bits per heavy atom. The average Bonchev–Trinajstić information content (AvgIpc) is 2.42. The number of benzene rings is 1. The molecule has 0 aliphatic carbocycles. The summed E-state index contributed by atoms with van der Waals surface area (Å²) < 4.78 is 2.24. The maximum Gasteiger partial charge on any atom is 0.0320 e. The number of likely N-dealkylation sites (tertiary alicyclic amines) is 1. The fourth-order valence-electron chi connectivity index (χ4n) is 2.59. The van der Waals surface area contributed by atoms with Crippen LogP contribution in [0.25, 0.3) is 0 Å². The van der Waals surface area contributed by atoms with E-state index >= 15 is 0 Å². The van der Waals surface area contributed by atoms with Crippen molar-refractivity contribution in [3.63, 3.8) is 0 Å². The number of halogens is 2. The minimum absolute atomic E-state index is 0.676. The van der Waals surface area contributed by atoms with E-state index in [0.29, 0.717) is 6.04 Å². The highest BCUT2D eigenvalue weighted by Crippen LogP contribution is 2.24. The zero-order valence-corrected chi connectivity index (χ0v) is 14.6. The summed E-state index contributed by atoms with van der Waals surface area (Å²) in [6.45, 7) is 6.97. The number of rotatable bonds is 5. The smallest absolute Gasteiger partial charge is 0.0320 e. The Hall–Kier alpha value is 0.1000. The summed E-state index contributed by atoms with van der Waals surface area (Å²) in [4.78, 5) is 2.58. The fourth-order valence-corrected chi connectivity index (χ4v) is 3.26. The predicted molar refractivity (Wildman–Crippen MR) is 88.4 cm³/mol. The summed E-state index contributed by atoms with van der Waals surface area (Å²) in [5, 5.41) is 3.68. The Kier molecular flexibility index (Phi) is 6.33. The van der Waals surface area contributed by atoms with Crippen LogP contribution >= 0.6 is 31.9 Å². The van der Waals surface area contributed by atoms with E-state index in [-0.39, 0.29) is 0 Å². The Morgan fingerprint density at radius 2 is 1.95 bits per heavy atom. The zero-order valence-electron chi connectivity index (χ0n) is 11.5. The lowest BCUT2D eigenvalue weighted by Crippen LogP contribution is -2.42. The van der Waals surface area contributed by atoms with Crippen molar-refractivity contribution >= 4 is 31.9 Å². The second-order valence-electron chi connectivity index (χ2n) is 5.25. The van der Waals surface area contributed by atoms with Gasteiger partial charge in [0.1, 0.15) is 0 Å². The van der Waals surface area contributed by atoms with E-state index in [2.05, 4.69) is 67.2 Å². The van der Waals surface area contributed by atoms with Crippen molar-refractivity contribution in [2.75, 3.05) is 19.6 Å². The normalized spacial score (nSPS) is 17.8. The molecule has 4 heteroatoms. The zero-order chi connectivity index (χ0) is 13.7. The molecule has 0 amide bonds. The Labute approximate surface area is 133 Å². The molecule has 0 bridgehead atoms. The van der Waals surface area contributed by atoms with E-state index in [1.807, 2.05) is 0 Å². The van der Waals surface area contributed by atoms with Crippen molar-refractivity contribution in [1.82, 2.24) is 10.2 Å². The molecule has 0 spiro atoms. The van der Waals surface area contributed by atoms with Crippen LogP contribution in [0.4, 0.5) is 0 Å². The molecule has 1 aromatic carbocycles. The molecule has 1 saturated heterocycles. The van der Waals surface area contributed by atoms with Gasteiger partial charge in [0.2, 0.25) is 0 Å². The molecule has 2 nitrogen and oxygen atoms in total. The quantitative estimate of drug-likeness (QED) is 0.812. The van der Waals surface area contributed by atoms with Gasteiger partial charge in [-0.2, -0.15) is 0 Å². The highest BCUT2D eigenvalue weighted by Gasteiger charge is 2.17. The van der Waals surface area contributed by atoms with Crippen LogP contribution < -0.4 is 5.32 Å². The molecule has 1 aromatic rings. The first-order valence-corrected chi connectivity index (χ1v) is 8.67. The molecular formula is C15H22Br2N2. The van der Waals surface area contributed by atoms with Crippen molar-refractivity contribution in [3.8, 4) is 0 Å². The largest absolute Gasteiger partial charge is 0.310 e. The average molecular weight is 390 g/mol. The summed E-state index contributed by atoms with van der Waals surface area (Å²) in [5.41, 5.74) is 1.34. The molecule has 1 aliphatic heterocycles. The highest BCUT2D eigenvalue weighted by molar-refractivity contribution is 9.13. The number of nitrogens with zero attached hydrogens (tertiary/aromatic N) is 1. The van der Waals surface area contributed by atoms with Gasteiger partial charge in [0, 0.05) is 21.5 Å². The van der Waals surface area contributed by atoms with E-state index in [9.17, 15) is 0 Å². The lowest BCUT2D eigenvalue weighted by molar-refractivity contribution is 0.197. The van der Waals surface area contributed by atoms with Crippen LogP contribution in [0.2, 0.25) is 0 Å². The molecule has 0 unspecified atom stereocenters. The van der Waals surface area contributed by atoms with Gasteiger partial charge in [-0.25, -0.2) is 0 Å². The van der Waals surface area contributed by atoms with Gasteiger partial charge in [-0.3, -0.25) is 0 Å². The van der Waals surface area contributed by atoms with E-state index < -0.39 is 0 Å². The second kappa shape index (κ2) is 7.77. The maximum atomic E-state index is 3.68. The van der Waals surface area contributed by atoms with E-state index in [1.54, 1.807) is 0 Å². The van der Waals surface area contributed by atoms with Crippen LogP contribution in [-0.2, 0) is 6.54 Å². The second-order valence-corrected chi connectivity index (χ2v) is 6.95. The van der Waals surface area contributed by atoms with Gasteiger partial charge in [0.05, 0.1) is 0 Å². The van der Waals surface area contributed by atoms with Crippen molar-refractivity contribution in [3.05, 3.63) is 32.7 Å². The van der Waals surface area contributed by atoms with Crippen LogP contribution in [0.3, 0.4) is 0 Å². The third kappa shape index (κ3) is 4.85. The predicted octanol–water partition coefficient (Wildman–Crippen LogP) is 4.18. The van der Waals surface area contributed by atoms with Crippen molar-refractivity contribution < 1.29 is 0 Å². The van der Waals surface area contributed by atoms with Gasteiger partial charge < -0.3 is 10.2 Å². The molecular weight excluding hydrogens is 368 g/mol. The lowest BCUT2D eigenvalue weighted by atomic mass is 10.0. The van der Waals surface area contributed by atoms with Crippen molar-refractivity contribution in [2.45, 2.75) is 38.8 Å². The third-order valence-corrected chi connectivity index (χ3v) is 5.59. The van der Waals surface area contributed by atoms with Gasteiger partial charge in [-0.15, -0.1) is 0 Å². The highest BCUT2D eigenvalue weighted by atomic mass is 79.9. The summed E-state index contributed by atoms with van der Waals surface area (Å²) in [5.74, 6) is 0. The Balaban J connectivity index is 1.75. The molecule has 0 aromatic heterocycles. The molecule has 0 saturated carbocycles. The topological polar surface area (TPSA) is 15.3 Å². The van der Waals surface area contributed by atoms with Gasteiger partial charge >= 0.3 is 0 Å². The van der Waals surface area contributed by atoms with Crippen LogP contribution in [0, 0.1) is 0 Å². The van der Waals surface area contributed by atoms with Crippen molar-refractivity contribution in [1.29, 1.82) is 0 Å². The SMILES string of the molecule is CCCN1CCC(NCc2ccc(Br)c(Br)c2)CC1. The van der Waals surface area contributed by atoms with Crippen LogP contribution in [-0.4, -0.2) is 30.6 Å². The third-order valence-electron chi connectivity index (χ3n) is 3.71. The number of hydrogen-bond donors (Lipinski definition) is 1. The van der Waals surface area contributed by atoms with Gasteiger partial charge in [0.15, 0.2) is 0 Å². The Bertz CT molecular complexity index is 401. The standard InChI is InChI=1S/C15H22Br2N2/c1-2-7-19-8-5-13(6-9-19)18-11-12-3-4-14(16)15(17)10-12/h3-4,10,13,18H,2,5-9,11H2,1H3. The molecule has 19 heavy (non-hydrogen) atoms. The molecule has 1 aliphatic rings. The van der Waals surface area contributed by atoms with Gasteiger partial charge in [-0.1, -0.05) is 13.0 Å².